The molecule has 3 aromatic carbocycles. The monoisotopic (exact) mass is 433 g/mol. The van der Waals surface area contributed by atoms with E-state index in [9.17, 15) is 9.59 Å². The fraction of sp³-hybridized carbons (Fsp3) is 0.167. The number of nitrogens with zero attached hydrogens (tertiary/aromatic N) is 1. The number of methoxy groups -OCH3 is 1. The van der Waals surface area contributed by atoms with E-state index in [1.54, 1.807) is 12.1 Å². The zero-order valence-corrected chi connectivity index (χ0v) is 17.7. The van der Waals surface area contributed by atoms with Crippen LogP contribution in [0.4, 0.5) is 22.7 Å². The van der Waals surface area contributed by atoms with Crippen LogP contribution < -0.4 is 15.5 Å². The van der Waals surface area contributed by atoms with Gasteiger partial charge in [0.15, 0.2) is 0 Å². The maximum absolute atomic E-state index is 13.5. The van der Waals surface area contributed by atoms with E-state index in [2.05, 4.69) is 10.6 Å². The van der Waals surface area contributed by atoms with Gasteiger partial charge in [0.05, 0.1) is 18.5 Å². The van der Waals surface area contributed by atoms with Gasteiger partial charge in [0.1, 0.15) is 6.04 Å². The largest absolute Gasteiger partial charge is 0.467 e. The van der Waals surface area contributed by atoms with Gasteiger partial charge in [0.2, 0.25) is 5.54 Å². The second-order valence-corrected chi connectivity index (χ2v) is 8.17. The van der Waals surface area contributed by atoms with Crippen molar-refractivity contribution in [2.24, 2.45) is 0 Å². The molecular formula is C24H20ClN3O3. The van der Waals surface area contributed by atoms with Crippen LogP contribution in [-0.2, 0) is 14.3 Å². The lowest BCUT2D eigenvalue weighted by Crippen LogP contribution is -2.67. The minimum atomic E-state index is -1.69. The summed E-state index contributed by atoms with van der Waals surface area (Å²) >= 11 is 6.36. The molecule has 2 aliphatic heterocycles. The molecule has 0 unspecified atom stereocenters. The summed E-state index contributed by atoms with van der Waals surface area (Å²) in [4.78, 5) is 28.7. The smallest absolute Gasteiger partial charge is 0.344 e. The summed E-state index contributed by atoms with van der Waals surface area (Å²) in [6, 6.07) is 20.1. The maximum Gasteiger partial charge on any atom is 0.344 e. The number of esters is 1. The fourth-order valence-corrected chi connectivity index (χ4v) is 4.62. The van der Waals surface area contributed by atoms with Crippen molar-refractivity contribution in [3.05, 3.63) is 82.9 Å². The molecule has 0 bridgehead atoms. The number of amides is 1. The van der Waals surface area contributed by atoms with E-state index in [-0.39, 0.29) is 0 Å². The van der Waals surface area contributed by atoms with E-state index in [0.717, 1.165) is 22.5 Å². The summed E-state index contributed by atoms with van der Waals surface area (Å²) in [5.74, 6) is -1.14. The van der Waals surface area contributed by atoms with Crippen molar-refractivity contribution in [2.75, 3.05) is 22.6 Å². The molecular weight excluding hydrogens is 414 g/mol. The first kappa shape index (κ1) is 19.5. The number of hydrogen-bond acceptors (Lipinski definition) is 5. The maximum atomic E-state index is 13.5. The molecule has 31 heavy (non-hydrogen) atoms. The van der Waals surface area contributed by atoms with E-state index in [4.69, 9.17) is 16.3 Å². The minimum Gasteiger partial charge on any atom is -0.467 e. The number of anilines is 4. The summed E-state index contributed by atoms with van der Waals surface area (Å²) < 4.78 is 5.16. The van der Waals surface area contributed by atoms with Gasteiger partial charge in [-0.1, -0.05) is 47.5 Å². The lowest BCUT2D eigenvalue weighted by molar-refractivity contribution is -0.150. The molecule has 7 heteroatoms. The van der Waals surface area contributed by atoms with Gasteiger partial charge in [-0.25, -0.2) is 4.79 Å². The van der Waals surface area contributed by atoms with Crippen LogP contribution in [0.5, 0.6) is 0 Å². The van der Waals surface area contributed by atoms with Gasteiger partial charge in [-0.05, 0) is 43.3 Å². The molecule has 0 fully saturated rings. The second kappa shape index (κ2) is 7.03. The van der Waals surface area contributed by atoms with Crippen LogP contribution in [0.15, 0.2) is 66.7 Å². The number of carbonyl (C=O) groups excluding carboxylic acids is 2. The van der Waals surface area contributed by atoms with Crippen molar-refractivity contribution in [1.82, 2.24) is 0 Å². The summed E-state index contributed by atoms with van der Waals surface area (Å²) in [6.45, 7) is 2.01. The Bertz CT molecular complexity index is 1210. The highest BCUT2D eigenvalue weighted by molar-refractivity contribution is 6.31. The molecule has 2 atom stereocenters. The van der Waals surface area contributed by atoms with Crippen LogP contribution in [0.3, 0.4) is 0 Å². The third kappa shape index (κ3) is 2.79. The number of aryl methyl sites for hydroxylation is 1. The highest BCUT2D eigenvalue weighted by Gasteiger charge is 2.62. The SMILES string of the molecule is COC(=O)[C@@]12Nc3ccc(Cl)cc3N(c3ccc(C)cc3)[C@@H]1c1ccccc1NC2=O. The first-order chi connectivity index (χ1) is 15.0. The number of benzene rings is 3. The number of carbonyl (C=O) groups is 2. The van der Waals surface area contributed by atoms with Crippen LogP contribution in [0.2, 0.25) is 5.02 Å². The molecule has 0 spiro atoms. The number of hydrogen-bond donors (Lipinski definition) is 2. The third-order valence-corrected chi connectivity index (χ3v) is 6.14. The molecule has 1 amide bonds. The van der Waals surface area contributed by atoms with E-state index in [1.165, 1.54) is 7.11 Å². The average Bonchev–Trinajstić information content (AvgIpc) is 2.78. The molecule has 0 radical (unpaired) electrons. The Morgan fingerprint density at radius 1 is 1.06 bits per heavy atom. The highest BCUT2D eigenvalue weighted by atomic mass is 35.5. The molecule has 0 saturated heterocycles. The summed E-state index contributed by atoms with van der Waals surface area (Å²) in [7, 11) is 1.29. The number of para-hydroxylation sites is 1. The van der Waals surface area contributed by atoms with Gasteiger partial charge in [-0.15, -0.1) is 0 Å². The summed E-state index contributed by atoms with van der Waals surface area (Å²) in [6.07, 6.45) is 0. The molecule has 2 aliphatic rings. The third-order valence-electron chi connectivity index (χ3n) is 5.90. The number of rotatable bonds is 2. The molecule has 156 valence electrons. The molecule has 2 heterocycles. The van der Waals surface area contributed by atoms with E-state index in [1.807, 2.05) is 66.4 Å². The number of fused-ring (bicyclic) bond motifs is 4. The lowest BCUT2D eigenvalue weighted by Gasteiger charge is -2.51. The zero-order valence-electron chi connectivity index (χ0n) is 17.0. The van der Waals surface area contributed by atoms with Gasteiger partial charge >= 0.3 is 5.97 Å². The average molecular weight is 434 g/mol. The van der Waals surface area contributed by atoms with Crippen molar-refractivity contribution >= 4 is 46.2 Å². The molecule has 0 aliphatic carbocycles. The van der Waals surface area contributed by atoms with Gasteiger partial charge in [-0.3, -0.25) is 4.79 Å². The van der Waals surface area contributed by atoms with Crippen molar-refractivity contribution < 1.29 is 14.3 Å². The Morgan fingerprint density at radius 3 is 2.55 bits per heavy atom. The minimum absolute atomic E-state index is 0.472. The van der Waals surface area contributed by atoms with Gasteiger partial charge in [-0.2, -0.15) is 0 Å². The number of nitrogens with one attached hydrogen (secondary N) is 2. The van der Waals surface area contributed by atoms with Crippen molar-refractivity contribution in [3.63, 3.8) is 0 Å². The van der Waals surface area contributed by atoms with E-state index >= 15 is 0 Å². The predicted octanol–water partition coefficient (Wildman–Crippen LogP) is 4.82. The predicted molar refractivity (Wildman–Crippen MR) is 121 cm³/mol. The Balaban J connectivity index is 1.86. The highest BCUT2D eigenvalue weighted by Crippen LogP contribution is 2.53. The number of ether oxygens (including phenoxy) is 1. The van der Waals surface area contributed by atoms with E-state index in [0.29, 0.717) is 16.4 Å². The van der Waals surface area contributed by atoms with Crippen LogP contribution in [0.25, 0.3) is 0 Å². The van der Waals surface area contributed by atoms with Gasteiger partial charge in [0, 0.05) is 22.0 Å². The molecule has 5 rings (SSSR count). The quantitative estimate of drug-likeness (QED) is 0.448. The molecule has 3 aromatic rings. The standard InChI is InChI=1S/C24H20ClN3O3/c1-14-7-10-16(11-8-14)28-20-13-15(25)9-12-19(20)27-24(23(30)31-2)21(28)17-5-3-4-6-18(17)26-22(24)29/h3-13,21,27H,1-2H3,(H,26,29)/t21-,24-/m1/s1. The number of halogens is 1. The molecule has 2 N–H and O–H groups in total. The van der Waals surface area contributed by atoms with Crippen molar-refractivity contribution in [2.45, 2.75) is 18.5 Å². The van der Waals surface area contributed by atoms with Crippen LogP contribution in [-0.4, -0.2) is 24.5 Å². The Hall–Kier alpha value is -3.51. The molecule has 0 saturated carbocycles. The van der Waals surface area contributed by atoms with Crippen LogP contribution >= 0.6 is 11.6 Å². The zero-order chi connectivity index (χ0) is 21.8. The summed E-state index contributed by atoms with van der Waals surface area (Å²) in [5.41, 5.74) is 3.08. The Kier molecular flexibility index (Phi) is 4.41. The summed E-state index contributed by atoms with van der Waals surface area (Å²) in [5, 5.41) is 6.64. The second-order valence-electron chi connectivity index (χ2n) is 7.74. The van der Waals surface area contributed by atoms with Crippen LogP contribution in [0.1, 0.15) is 17.2 Å². The normalized spacial score (nSPS) is 21.2. The fourth-order valence-electron chi connectivity index (χ4n) is 4.46. The van der Waals surface area contributed by atoms with Crippen LogP contribution in [0, 0.1) is 6.92 Å². The Morgan fingerprint density at radius 2 is 1.81 bits per heavy atom. The molecule has 6 nitrogen and oxygen atoms in total. The van der Waals surface area contributed by atoms with Gasteiger partial charge < -0.3 is 20.3 Å². The molecule has 0 aromatic heterocycles. The lowest BCUT2D eigenvalue weighted by atomic mass is 9.76. The van der Waals surface area contributed by atoms with Gasteiger partial charge in [0.25, 0.3) is 5.91 Å². The topological polar surface area (TPSA) is 70.7 Å². The first-order valence-electron chi connectivity index (χ1n) is 9.88. The Labute approximate surface area is 184 Å². The van der Waals surface area contributed by atoms with Crippen molar-refractivity contribution in [1.29, 1.82) is 0 Å². The van der Waals surface area contributed by atoms with Crippen molar-refractivity contribution in [3.8, 4) is 0 Å². The first-order valence-corrected chi connectivity index (χ1v) is 10.3. The van der Waals surface area contributed by atoms with E-state index < -0.39 is 23.5 Å².